The fraction of sp³-hybridized carbons (Fsp3) is 0.364. The van der Waals surface area contributed by atoms with Crippen molar-refractivity contribution in [2.45, 2.75) is 25.5 Å². The first-order chi connectivity index (χ1) is 14.7. The Morgan fingerprint density at radius 2 is 1.84 bits per heavy atom. The summed E-state index contributed by atoms with van der Waals surface area (Å²) in [5, 5.41) is 3.06. The average molecular weight is 465 g/mol. The number of esters is 1. The molecule has 1 amide bonds. The van der Waals surface area contributed by atoms with Crippen molar-refractivity contribution >= 4 is 39.2 Å². The van der Waals surface area contributed by atoms with Gasteiger partial charge in [0.15, 0.2) is 0 Å². The van der Waals surface area contributed by atoms with Crippen LogP contribution in [-0.4, -0.2) is 44.8 Å². The van der Waals surface area contributed by atoms with Crippen molar-refractivity contribution in [3.63, 3.8) is 0 Å². The van der Waals surface area contributed by atoms with Crippen molar-refractivity contribution in [1.82, 2.24) is 4.31 Å². The third kappa shape index (κ3) is 5.64. The Balaban J connectivity index is 1.61. The quantitative estimate of drug-likeness (QED) is 0.659. The van der Waals surface area contributed by atoms with E-state index in [9.17, 15) is 18.0 Å². The zero-order valence-corrected chi connectivity index (χ0v) is 19.0. The van der Waals surface area contributed by atoms with Crippen molar-refractivity contribution in [1.29, 1.82) is 0 Å². The predicted molar refractivity (Wildman–Crippen MR) is 120 cm³/mol. The molecule has 1 fully saturated rings. The first-order valence-corrected chi connectivity index (χ1v) is 11.9. The summed E-state index contributed by atoms with van der Waals surface area (Å²) in [6, 6.07) is 11.9. The van der Waals surface area contributed by atoms with E-state index in [0.29, 0.717) is 23.6 Å². The zero-order valence-electron chi connectivity index (χ0n) is 17.4. The summed E-state index contributed by atoms with van der Waals surface area (Å²) < 4.78 is 31.8. The molecule has 0 unspecified atom stereocenters. The summed E-state index contributed by atoms with van der Waals surface area (Å²) in [4.78, 5) is 24.4. The van der Waals surface area contributed by atoms with E-state index in [2.05, 4.69) is 10.1 Å². The molecule has 0 spiro atoms. The minimum Gasteiger partial charge on any atom is -0.465 e. The molecule has 2 aromatic rings. The maximum Gasteiger partial charge on any atom is 0.337 e. The van der Waals surface area contributed by atoms with Crippen molar-refractivity contribution in [2.24, 2.45) is 5.92 Å². The molecule has 0 aliphatic carbocycles. The number of hydrogen-bond donors (Lipinski definition) is 1. The van der Waals surface area contributed by atoms with Gasteiger partial charge < -0.3 is 10.1 Å². The first-order valence-electron chi connectivity index (χ1n) is 9.92. The third-order valence-electron chi connectivity index (χ3n) is 5.46. The SMILES string of the molecule is COC(=O)c1ccc(Cl)c(NC(=O)C2CCN(S(=O)(=O)Cc3ccccc3C)CC2)c1. The van der Waals surface area contributed by atoms with Crippen LogP contribution in [0.1, 0.15) is 34.3 Å². The Hall–Kier alpha value is -2.42. The minimum atomic E-state index is -3.46. The molecular formula is C22H25ClN2O5S. The van der Waals surface area contributed by atoms with Crippen LogP contribution in [0.3, 0.4) is 0 Å². The Labute approximate surface area is 187 Å². The highest BCUT2D eigenvalue weighted by atomic mass is 35.5. The molecule has 0 radical (unpaired) electrons. The van der Waals surface area contributed by atoms with Crippen LogP contribution in [0.2, 0.25) is 5.02 Å². The van der Waals surface area contributed by atoms with E-state index < -0.39 is 16.0 Å². The Bertz CT molecular complexity index is 1080. The van der Waals surface area contributed by atoms with Crippen LogP contribution in [0.5, 0.6) is 0 Å². The van der Waals surface area contributed by atoms with Gasteiger partial charge in [-0.05, 0) is 49.1 Å². The third-order valence-corrected chi connectivity index (χ3v) is 7.62. The Kier molecular flexibility index (Phi) is 7.35. The van der Waals surface area contributed by atoms with Crippen LogP contribution < -0.4 is 5.32 Å². The van der Waals surface area contributed by atoms with E-state index in [1.165, 1.54) is 29.6 Å². The molecule has 166 valence electrons. The number of nitrogens with one attached hydrogen (secondary N) is 1. The van der Waals surface area contributed by atoms with Crippen LogP contribution >= 0.6 is 11.6 Å². The molecule has 1 aliphatic heterocycles. The van der Waals surface area contributed by atoms with Gasteiger partial charge in [-0.25, -0.2) is 17.5 Å². The molecule has 1 heterocycles. The summed E-state index contributed by atoms with van der Waals surface area (Å²) in [5.41, 5.74) is 2.32. The van der Waals surface area contributed by atoms with Crippen LogP contribution in [0.15, 0.2) is 42.5 Å². The number of anilines is 1. The molecule has 1 aliphatic rings. The van der Waals surface area contributed by atoms with Gasteiger partial charge in [-0.3, -0.25) is 4.79 Å². The van der Waals surface area contributed by atoms with Gasteiger partial charge in [0.05, 0.1) is 29.1 Å². The number of carbonyl (C=O) groups is 2. The average Bonchev–Trinajstić information content (AvgIpc) is 2.76. The second kappa shape index (κ2) is 9.80. The maximum absolute atomic E-state index is 12.8. The highest BCUT2D eigenvalue weighted by Gasteiger charge is 2.31. The highest BCUT2D eigenvalue weighted by Crippen LogP contribution is 2.27. The van der Waals surface area contributed by atoms with Crippen molar-refractivity contribution in [2.75, 3.05) is 25.5 Å². The minimum absolute atomic E-state index is 0.0491. The number of aryl methyl sites for hydroxylation is 1. The number of halogens is 1. The number of rotatable bonds is 6. The zero-order chi connectivity index (χ0) is 22.6. The highest BCUT2D eigenvalue weighted by molar-refractivity contribution is 7.88. The van der Waals surface area contributed by atoms with Crippen LogP contribution in [-0.2, 0) is 25.3 Å². The second-order valence-corrected chi connectivity index (χ2v) is 9.91. The number of carbonyl (C=O) groups excluding carboxylic acids is 2. The standard InChI is InChI=1S/C22H25ClN2O5S/c1-15-5-3-4-6-18(15)14-31(28,29)25-11-9-16(10-12-25)21(26)24-20-13-17(22(27)30-2)7-8-19(20)23/h3-8,13,16H,9-12,14H2,1-2H3,(H,24,26). The van der Waals surface area contributed by atoms with Gasteiger partial charge in [-0.2, -0.15) is 0 Å². The molecule has 1 N–H and O–H groups in total. The molecule has 0 atom stereocenters. The van der Waals surface area contributed by atoms with Gasteiger partial charge >= 0.3 is 5.97 Å². The van der Waals surface area contributed by atoms with E-state index in [1.807, 2.05) is 31.2 Å². The number of ether oxygens (including phenoxy) is 1. The van der Waals surface area contributed by atoms with Crippen LogP contribution in [0.25, 0.3) is 0 Å². The van der Waals surface area contributed by atoms with Gasteiger partial charge in [0.2, 0.25) is 15.9 Å². The normalized spacial score (nSPS) is 15.5. The summed E-state index contributed by atoms with van der Waals surface area (Å²) in [6.07, 6.45) is 0.820. The predicted octanol–water partition coefficient (Wildman–Crippen LogP) is 3.62. The first kappa shape index (κ1) is 23.2. The summed E-state index contributed by atoms with van der Waals surface area (Å²) in [6.45, 7) is 2.45. The van der Waals surface area contributed by atoms with Crippen molar-refractivity contribution in [3.8, 4) is 0 Å². The smallest absolute Gasteiger partial charge is 0.337 e. The van der Waals surface area contributed by atoms with E-state index >= 15 is 0 Å². The lowest BCUT2D eigenvalue weighted by Crippen LogP contribution is -2.42. The monoisotopic (exact) mass is 464 g/mol. The summed E-state index contributed by atoms with van der Waals surface area (Å²) in [7, 11) is -2.19. The maximum atomic E-state index is 12.8. The lowest BCUT2D eigenvalue weighted by Gasteiger charge is -2.30. The number of benzene rings is 2. The van der Waals surface area contributed by atoms with E-state index in [-0.39, 0.29) is 36.2 Å². The Morgan fingerprint density at radius 3 is 2.48 bits per heavy atom. The molecule has 0 saturated carbocycles. The van der Waals surface area contributed by atoms with E-state index in [4.69, 9.17) is 11.6 Å². The number of piperidine rings is 1. The van der Waals surface area contributed by atoms with Crippen LogP contribution in [0, 0.1) is 12.8 Å². The second-order valence-electron chi connectivity index (χ2n) is 7.53. The molecule has 31 heavy (non-hydrogen) atoms. The van der Waals surface area contributed by atoms with E-state index in [1.54, 1.807) is 0 Å². The number of hydrogen-bond acceptors (Lipinski definition) is 5. The molecule has 0 aromatic heterocycles. The van der Waals surface area contributed by atoms with Gasteiger partial charge in [0.1, 0.15) is 0 Å². The van der Waals surface area contributed by atoms with Gasteiger partial charge in [-0.1, -0.05) is 35.9 Å². The fourth-order valence-electron chi connectivity index (χ4n) is 3.56. The summed E-state index contributed by atoms with van der Waals surface area (Å²) >= 11 is 6.15. The van der Waals surface area contributed by atoms with E-state index in [0.717, 1.165) is 11.1 Å². The number of amides is 1. The molecule has 9 heteroatoms. The van der Waals surface area contributed by atoms with Gasteiger partial charge in [0, 0.05) is 19.0 Å². The van der Waals surface area contributed by atoms with Gasteiger partial charge in [-0.15, -0.1) is 0 Å². The summed E-state index contributed by atoms with van der Waals surface area (Å²) in [5.74, 6) is -1.17. The van der Waals surface area contributed by atoms with Crippen molar-refractivity contribution < 1.29 is 22.7 Å². The lowest BCUT2D eigenvalue weighted by atomic mass is 9.97. The molecule has 0 bridgehead atoms. The Morgan fingerprint density at radius 1 is 1.16 bits per heavy atom. The number of sulfonamides is 1. The molecular weight excluding hydrogens is 440 g/mol. The molecule has 2 aromatic carbocycles. The number of nitrogens with zero attached hydrogens (tertiary/aromatic N) is 1. The number of methoxy groups -OCH3 is 1. The molecule has 7 nitrogen and oxygen atoms in total. The molecule has 1 saturated heterocycles. The largest absolute Gasteiger partial charge is 0.465 e. The fourth-order valence-corrected chi connectivity index (χ4v) is 5.39. The van der Waals surface area contributed by atoms with Gasteiger partial charge in [0.25, 0.3) is 0 Å². The topological polar surface area (TPSA) is 92.8 Å². The lowest BCUT2D eigenvalue weighted by molar-refractivity contribution is -0.120. The molecule has 3 rings (SSSR count). The van der Waals surface area contributed by atoms with Crippen molar-refractivity contribution in [3.05, 3.63) is 64.2 Å². The van der Waals surface area contributed by atoms with Crippen LogP contribution in [0.4, 0.5) is 5.69 Å².